The number of carbonyl (C=O) groups is 3. The fraction of sp³-hybridized carbons (Fsp3) is 0.409. The molecule has 0 bridgehead atoms. The molecule has 2 aromatic rings. The number of carbonyl (C=O) groups excluding carboxylic acids is 3. The summed E-state index contributed by atoms with van der Waals surface area (Å²) in [6, 6.07) is 10.9. The number of benzene rings is 1. The molecule has 3 atom stereocenters. The van der Waals surface area contributed by atoms with Gasteiger partial charge in [0.25, 0.3) is 5.91 Å². The molecule has 0 unspecified atom stereocenters. The van der Waals surface area contributed by atoms with Gasteiger partial charge in [0, 0.05) is 17.4 Å². The van der Waals surface area contributed by atoms with Crippen LogP contribution in [0.5, 0.6) is 0 Å². The van der Waals surface area contributed by atoms with Crippen molar-refractivity contribution in [1.29, 1.82) is 0 Å². The topological polar surface area (TPSA) is 112 Å². The Morgan fingerprint density at radius 2 is 2.00 bits per heavy atom. The maximum atomic E-state index is 12.5. The highest BCUT2D eigenvalue weighted by atomic mass is 32.2. The van der Waals surface area contributed by atoms with E-state index in [9.17, 15) is 14.4 Å². The molecule has 164 valence electrons. The summed E-state index contributed by atoms with van der Waals surface area (Å²) in [6.45, 7) is 0.283. The number of nitrogens with one attached hydrogen (secondary N) is 4. The second kappa shape index (κ2) is 9.91. The third-order valence-electron chi connectivity index (χ3n) is 5.53. The van der Waals surface area contributed by atoms with Crippen molar-refractivity contribution in [2.75, 3.05) is 11.1 Å². The molecular formula is C22H26N4O4S. The van der Waals surface area contributed by atoms with Crippen molar-refractivity contribution < 1.29 is 18.8 Å². The van der Waals surface area contributed by atoms with Crippen molar-refractivity contribution in [3.05, 3.63) is 54.0 Å². The van der Waals surface area contributed by atoms with E-state index >= 15 is 0 Å². The summed E-state index contributed by atoms with van der Waals surface area (Å²) >= 11 is 1.88. The van der Waals surface area contributed by atoms with Crippen molar-refractivity contribution in [1.82, 2.24) is 16.0 Å². The highest BCUT2D eigenvalue weighted by Crippen LogP contribution is 2.33. The van der Waals surface area contributed by atoms with E-state index in [0.29, 0.717) is 28.7 Å². The lowest BCUT2D eigenvalue weighted by Crippen LogP contribution is -2.36. The molecule has 4 amide bonds. The molecule has 0 spiro atoms. The van der Waals surface area contributed by atoms with Gasteiger partial charge in [0.15, 0.2) is 0 Å². The molecule has 4 rings (SSSR count). The van der Waals surface area contributed by atoms with Crippen molar-refractivity contribution in [2.24, 2.45) is 0 Å². The van der Waals surface area contributed by atoms with Gasteiger partial charge in [0.1, 0.15) is 5.76 Å². The first-order valence-corrected chi connectivity index (χ1v) is 11.5. The third kappa shape index (κ3) is 5.41. The highest BCUT2D eigenvalue weighted by Gasteiger charge is 2.42. The normalized spacial score (nSPS) is 21.8. The summed E-state index contributed by atoms with van der Waals surface area (Å²) < 4.78 is 5.22. The summed E-state index contributed by atoms with van der Waals surface area (Å²) in [5.74, 6) is 1.22. The van der Waals surface area contributed by atoms with Crippen LogP contribution in [0.2, 0.25) is 0 Å². The SMILES string of the molecule is O=C(CCCC[C@@H]1SC[C@@H]2NC(=O)N[C@@H]21)Nc1ccccc1C(=O)NCc1ccco1. The largest absolute Gasteiger partial charge is 0.467 e. The minimum Gasteiger partial charge on any atom is -0.467 e. The second-order valence-corrected chi connectivity index (χ2v) is 9.00. The van der Waals surface area contributed by atoms with Crippen LogP contribution in [0.3, 0.4) is 0 Å². The Kier molecular flexibility index (Phi) is 6.81. The smallest absolute Gasteiger partial charge is 0.315 e. The number of hydrogen-bond acceptors (Lipinski definition) is 5. The zero-order valence-electron chi connectivity index (χ0n) is 17.1. The van der Waals surface area contributed by atoms with E-state index in [-0.39, 0.29) is 36.5 Å². The number of thioether (sulfide) groups is 1. The monoisotopic (exact) mass is 442 g/mol. The molecule has 31 heavy (non-hydrogen) atoms. The average molecular weight is 443 g/mol. The zero-order chi connectivity index (χ0) is 21.6. The van der Waals surface area contributed by atoms with E-state index in [4.69, 9.17) is 4.42 Å². The van der Waals surface area contributed by atoms with E-state index in [1.165, 1.54) is 0 Å². The number of fused-ring (bicyclic) bond motifs is 1. The van der Waals surface area contributed by atoms with Crippen LogP contribution >= 0.6 is 11.8 Å². The number of hydrogen-bond donors (Lipinski definition) is 4. The number of amides is 4. The maximum absolute atomic E-state index is 12.5. The minimum atomic E-state index is -0.271. The number of para-hydroxylation sites is 1. The number of unbranched alkanes of at least 4 members (excludes halogenated alkanes) is 1. The minimum absolute atomic E-state index is 0.0773. The lowest BCUT2D eigenvalue weighted by molar-refractivity contribution is -0.116. The lowest BCUT2D eigenvalue weighted by Gasteiger charge is -2.16. The number of rotatable bonds is 9. The second-order valence-electron chi connectivity index (χ2n) is 7.72. The molecule has 3 heterocycles. The van der Waals surface area contributed by atoms with Crippen LogP contribution in [-0.2, 0) is 11.3 Å². The van der Waals surface area contributed by atoms with Gasteiger partial charge in [-0.3, -0.25) is 9.59 Å². The Hall–Kier alpha value is -2.94. The van der Waals surface area contributed by atoms with E-state index in [1.807, 2.05) is 11.8 Å². The summed E-state index contributed by atoms with van der Waals surface area (Å²) in [6.07, 6.45) is 4.58. The van der Waals surface area contributed by atoms with Crippen molar-refractivity contribution in [3.63, 3.8) is 0 Å². The van der Waals surface area contributed by atoms with E-state index < -0.39 is 0 Å². The van der Waals surface area contributed by atoms with Gasteiger partial charge in [0.2, 0.25) is 5.91 Å². The standard InChI is InChI=1S/C22H26N4O4S/c27-19(10-4-3-9-18-20-17(13-31-18)25-22(29)26-20)24-16-8-2-1-7-15(16)21(28)23-12-14-6-5-11-30-14/h1-2,5-8,11,17-18,20H,3-4,9-10,12-13H2,(H,23,28)(H,24,27)(H2,25,26,29)/t17-,18-,20-/m0/s1. The maximum Gasteiger partial charge on any atom is 0.315 e. The Morgan fingerprint density at radius 1 is 1.13 bits per heavy atom. The molecule has 9 heteroatoms. The first-order chi connectivity index (χ1) is 15.1. The first kappa shape index (κ1) is 21.3. The molecule has 2 saturated heterocycles. The van der Waals surface area contributed by atoms with Gasteiger partial charge in [-0.1, -0.05) is 18.6 Å². The van der Waals surface area contributed by atoms with Gasteiger partial charge in [0.05, 0.1) is 36.1 Å². The Morgan fingerprint density at radius 3 is 2.84 bits per heavy atom. The van der Waals surface area contributed by atoms with Gasteiger partial charge in [-0.25, -0.2) is 4.79 Å². The Bertz CT molecular complexity index is 933. The van der Waals surface area contributed by atoms with Gasteiger partial charge < -0.3 is 25.7 Å². The zero-order valence-corrected chi connectivity index (χ0v) is 17.9. The van der Waals surface area contributed by atoms with Crippen LogP contribution in [0, 0.1) is 0 Å². The van der Waals surface area contributed by atoms with E-state index in [1.54, 1.807) is 42.7 Å². The van der Waals surface area contributed by atoms with Crippen molar-refractivity contribution >= 4 is 35.3 Å². The average Bonchev–Trinajstić information content (AvgIpc) is 3.48. The quantitative estimate of drug-likeness (QED) is 0.352. The summed E-state index contributed by atoms with van der Waals surface area (Å²) in [5.41, 5.74) is 0.915. The number of furan rings is 1. The molecule has 8 nitrogen and oxygen atoms in total. The fourth-order valence-electron chi connectivity index (χ4n) is 3.95. The molecule has 2 fully saturated rings. The van der Waals surface area contributed by atoms with Gasteiger partial charge in [-0.2, -0.15) is 11.8 Å². The van der Waals surface area contributed by atoms with Crippen molar-refractivity contribution in [3.8, 4) is 0 Å². The van der Waals surface area contributed by atoms with Crippen LogP contribution in [0.25, 0.3) is 0 Å². The molecule has 0 radical (unpaired) electrons. The van der Waals surface area contributed by atoms with Crippen LogP contribution in [-0.4, -0.2) is 40.9 Å². The molecule has 0 saturated carbocycles. The van der Waals surface area contributed by atoms with Crippen LogP contribution in [0.4, 0.5) is 10.5 Å². The molecule has 4 N–H and O–H groups in total. The fourth-order valence-corrected chi connectivity index (χ4v) is 5.50. The van der Waals surface area contributed by atoms with E-state index in [2.05, 4.69) is 21.3 Å². The Labute approximate surface area is 184 Å². The summed E-state index contributed by atoms with van der Waals surface area (Å²) in [4.78, 5) is 36.4. The highest BCUT2D eigenvalue weighted by molar-refractivity contribution is 8.00. The van der Waals surface area contributed by atoms with E-state index in [0.717, 1.165) is 25.0 Å². The summed E-state index contributed by atoms with van der Waals surface area (Å²) in [5, 5.41) is 12.0. The molecule has 2 aliphatic heterocycles. The van der Waals surface area contributed by atoms with Gasteiger partial charge in [-0.15, -0.1) is 0 Å². The molecular weight excluding hydrogens is 416 g/mol. The van der Waals surface area contributed by atoms with Crippen LogP contribution in [0.1, 0.15) is 41.8 Å². The van der Waals surface area contributed by atoms with Crippen molar-refractivity contribution in [2.45, 2.75) is 49.6 Å². The predicted molar refractivity (Wildman–Crippen MR) is 119 cm³/mol. The molecule has 2 aliphatic rings. The molecule has 0 aliphatic carbocycles. The van der Waals surface area contributed by atoms with Crippen LogP contribution < -0.4 is 21.3 Å². The molecule has 1 aromatic carbocycles. The molecule has 1 aromatic heterocycles. The number of urea groups is 1. The van der Waals surface area contributed by atoms with Gasteiger partial charge >= 0.3 is 6.03 Å². The van der Waals surface area contributed by atoms with Gasteiger partial charge in [-0.05, 0) is 37.1 Å². The lowest BCUT2D eigenvalue weighted by atomic mass is 10.0. The number of anilines is 1. The first-order valence-electron chi connectivity index (χ1n) is 10.5. The summed E-state index contributed by atoms with van der Waals surface area (Å²) in [7, 11) is 0. The third-order valence-corrected chi connectivity index (χ3v) is 7.04. The van der Waals surface area contributed by atoms with Crippen LogP contribution in [0.15, 0.2) is 47.1 Å². The Balaban J connectivity index is 1.21. The predicted octanol–water partition coefficient (Wildman–Crippen LogP) is 2.87.